The van der Waals surface area contributed by atoms with Crippen LogP contribution in [0.2, 0.25) is 0 Å². The van der Waals surface area contributed by atoms with E-state index in [-0.39, 0.29) is 35.2 Å². The zero-order valence-electron chi connectivity index (χ0n) is 13.1. The maximum atomic E-state index is 10.8. The minimum absolute atomic E-state index is 0.0220. The van der Waals surface area contributed by atoms with Crippen LogP contribution >= 0.6 is 0 Å². The summed E-state index contributed by atoms with van der Waals surface area (Å²) in [6, 6.07) is 0. The van der Waals surface area contributed by atoms with Crippen molar-refractivity contribution in [1.82, 2.24) is 0 Å². The first kappa shape index (κ1) is 18.3. The van der Waals surface area contributed by atoms with E-state index in [4.69, 9.17) is 10.2 Å². The number of aliphatic carboxylic acids is 2. The fourth-order valence-corrected chi connectivity index (χ4v) is 3.14. The van der Waals surface area contributed by atoms with E-state index in [0.29, 0.717) is 38.5 Å². The highest BCUT2D eigenvalue weighted by Crippen LogP contribution is 2.28. The maximum absolute atomic E-state index is 10.8. The SMILES string of the molecule is C[C@@H]1CC(=O)CC[C@@H]1C(=O)O.C[C@H]1CC(=O)CC[C@H]1C(=O)O. The molecule has 0 aromatic carbocycles. The second kappa shape index (κ2) is 8.06. The summed E-state index contributed by atoms with van der Waals surface area (Å²) in [5, 5.41) is 17.4. The van der Waals surface area contributed by atoms with Crippen LogP contribution in [-0.4, -0.2) is 33.7 Å². The van der Waals surface area contributed by atoms with Crippen LogP contribution in [-0.2, 0) is 19.2 Å². The Morgan fingerprint density at radius 3 is 1.36 bits per heavy atom. The van der Waals surface area contributed by atoms with Gasteiger partial charge in [0.05, 0.1) is 11.8 Å². The largest absolute Gasteiger partial charge is 0.481 e. The van der Waals surface area contributed by atoms with Crippen LogP contribution in [0.15, 0.2) is 0 Å². The van der Waals surface area contributed by atoms with Gasteiger partial charge in [-0.1, -0.05) is 13.8 Å². The Kier molecular flexibility index (Phi) is 6.71. The van der Waals surface area contributed by atoms with Gasteiger partial charge in [-0.3, -0.25) is 19.2 Å². The summed E-state index contributed by atoms with van der Waals surface area (Å²) in [6.07, 6.45) is 2.82. The van der Waals surface area contributed by atoms with Gasteiger partial charge in [-0.15, -0.1) is 0 Å². The molecule has 0 unspecified atom stereocenters. The normalized spacial score (nSPS) is 31.9. The van der Waals surface area contributed by atoms with Crippen LogP contribution in [0, 0.1) is 23.7 Å². The molecule has 2 fully saturated rings. The Balaban J connectivity index is 0.000000220. The van der Waals surface area contributed by atoms with Gasteiger partial charge < -0.3 is 10.2 Å². The third-order valence-electron chi connectivity index (χ3n) is 4.58. The summed E-state index contributed by atoms with van der Waals surface area (Å²) in [5.74, 6) is -1.66. The molecule has 0 amide bonds. The third kappa shape index (κ3) is 5.24. The molecule has 22 heavy (non-hydrogen) atoms. The van der Waals surface area contributed by atoms with Gasteiger partial charge in [-0.05, 0) is 24.7 Å². The average molecular weight is 312 g/mol. The molecule has 4 atom stereocenters. The van der Waals surface area contributed by atoms with E-state index in [1.54, 1.807) is 0 Å². The maximum Gasteiger partial charge on any atom is 0.306 e. The van der Waals surface area contributed by atoms with E-state index in [9.17, 15) is 19.2 Å². The molecule has 0 saturated heterocycles. The molecule has 124 valence electrons. The Morgan fingerprint density at radius 2 is 1.14 bits per heavy atom. The predicted molar refractivity (Wildman–Crippen MR) is 78.3 cm³/mol. The Morgan fingerprint density at radius 1 is 0.818 bits per heavy atom. The van der Waals surface area contributed by atoms with Crippen LogP contribution in [0.4, 0.5) is 0 Å². The van der Waals surface area contributed by atoms with Crippen LogP contribution in [0.5, 0.6) is 0 Å². The van der Waals surface area contributed by atoms with Gasteiger partial charge in [0, 0.05) is 25.7 Å². The summed E-state index contributed by atoms with van der Waals surface area (Å²) in [4.78, 5) is 42.8. The Bertz CT molecular complexity index is 414. The lowest BCUT2D eigenvalue weighted by molar-refractivity contribution is -0.147. The lowest BCUT2D eigenvalue weighted by Crippen LogP contribution is -2.28. The molecule has 2 N–H and O–H groups in total. The smallest absolute Gasteiger partial charge is 0.306 e. The van der Waals surface area contributed by atoms with Crippen molar-refractivity contribution in [1.29, 1.82) is 0 Å². The monoisotopic (exact) mass is 312 g/mol. The number of hydrogen-bond acceptors (Lipinski definition) is 4. The predicted octanol–water partition coefficient (Wildman–Crippen LogP) is 2.15. The zero-order valence-corrected chi connectivity index (χ0v) is 13.1. The van der Waals surface area contributed by atoms with Gasteiger partial charge in [-0.25, -0.2) is 0 Å². The summed E-state index contributed by atoms with van der Waals surface area (Å²) in [5.41, 5.74) is 0. The Hall–Kier alpha value is -1.72. The van der Waals surface area contributed by atoms with Crippen molar-refractivity contribution in [3.63, 3.8) is 0 Å². The first-order valence-corrected chi connectivity index (χ1v) is 7.71. The highest BCUT2D eigenvalue weighted by molar-refractivity contribution is 5.83. The van der Waals surface area contributed by atoms with Gasteiger partial charge in [0.15, 0.2) is 0 Å². The summed E-state index contributed by atoms with van der Waals surface area (Å²) in [7, 11) is 0. The van der Waals surface area contributed by atoms with Crippen molar-refractivity contribution in [2.24, 2.45) is 23.7 Å². The van der Waals surface area contributed by atoms with E-state index >= 15 is 0 Å². The van der Waals surface area contributed by atoms with Crippen LogP contribution in [0.25, 0.3) is 0 Å². The number of carboxylic acid groups (broad SMARTS) is 2. The van der Waals surface area contributed by atoms with E-state index in [2.05, 4.69) is 0 Å². The molecular formula is C16H24O6. The Labute approximate surface area is 129 Å². The molecular weight excluding hydrogens is 288 g/mol. The van der Waals surface area contributed by atoms with Gasteiger partial charge in [-0.2, -0.15) is 0 Å². The van der Waals surface area contributed by atoms with Crippen molar-refractivity contribution < 1.29 is 29.4 Å². The van der Waals surface area contributed by atoms with E-state index in [1.165, 1.54) is 0 Å². The van der Waals surface area contributed by atoms with Crippen molar-refractivity contribution >= 4 is 23.5 Å². The lowest BCUT2D eigenvalue weighted by atomic mass is 9.80. The molecule has 0 aromatic heterocycles. The fourth-order valence-electron chi connectivity index (χ4n) is 3.14. The average Bonchev–Trinajstić information content (AvgIpc) is 2.38. The summed E-state index contributed by atoms with van der Waals surface area (Å²) >= 11 is 0. The van der Waals surface area contributed by atoms with E-state index in [1.807, 2.05) is 13.8 Å². The number of carbonyl (C=O) groups excluding carboxylic acids is 2. The number of rotatable bonds is 2. The number of carbonyl (C=O) groups is 4. The van der Waals surface area contributed by atoms with Gasteiger partial charge >= 0.3 is 11.9 Å². The molecule has 0 aromatic rings. The standard InChI is InChI=1S/2C8H12O3/c2*1-5-4-6(9)2-3-7(5)8(10)11/h2*5,7H,2-4H2,1H3,(H,10,11)/t2*5-,7+/m10/s1. The molecule has 2 aliphatic carbocycles. The van der Waals surface area contributed by atoms with Crippen LogP contribution in [0.1, 0.15) is 52.4 Å². The number of ketones is 2. The molecule has 6 nitrogen and oxygen atoms in total. The molecule has 0 spiro atoms. The first-order chi connectivity index (χ1) is 10.2. The van der Waals surface area contributed by atoms with Crippen molar-refractivity contribution in [3.05, 3.63) is 0 Å². The van der Waals surface area contributed by atoms with Crippen molar-refractivity contribution in [2.45, 2.75) is 52.4 Å². The minimum Gasteiger partial charge on any atom is -0.481 e. The molecule has 0 bridgehead atoms. The second-order valence-electron chi connectivity index (χ2n) is 6.41. The van der Waals surface area contributed by atoms with Crippen LogP contribution < -0.4 is 0 Å². The lowest BCUT2D eigenvalue weighted by Gasteiger charge is -2.23. The number of carboxylic acids is 2. The first-order valence-electron chi connectivity index (χ1n) is 7.71. The van der Waals surface area contributed by atoms with Crippen LogP contribution in [0.3, 0.4) is 0 Å². The summed E-state index contributed by atoms with van der Waals surface area (Å²) in [6.45, 7) is 3.66. The van der Waals surface area contributed by atoms with E-state index in [0.717, 1.165) is 0 Å². The summed E-state index contributed by atoms with van der Waals surface area (Å²) < 4.78 is 0. The molecule has 0 heterocycles. The molecule has 0 radical (unpaired) electrons. The minimum atomic E-state index is -0.759. The molecule has 6 heteroatoms. The fraction of sp³-hybridized carbons (Fsp3) is 0.750. The van der Waals surface area contributed by atoms with Gasteiger partial charge in [0.1, 0.15) is 11.6 Å². The van der Waals surface area contributed by atoms with Crippen molar-refractivity contribution in [2.75, 3.05) is 0 Å². The highest BCUT2D eigenvalue weighted by atomic mass is 16.4. The molecule has 2 saturated carbocycles. The molecule has 2 rings (SSSR count). The molecule has 2 aliphatic rings. The zero-order chi connectivity index (χ0) is 16.9. The van der Waals surface area contributed by atoms with E-state index < -0.39 is 11.9 Å². The third-order valence-corrected chi connectivity index (χ3v) is 4.58. The topological polar surface area (TPSA) is 109 Å². The van der Waals surface area contributed by atoms with Crippen molar-refractivity contribution in [3.8, 4) is 0 Å². The second-order valence-corrected chi connectivity index (χ2v) is 6.41. The highest BCUT2D eigenvalue weighted by Gasteiger charge is 2.31. The number of Topliss-reactive ketones (excluding diaryl/α,β-unsaturated/α-hetero) is 2. The van der Waals surface area contributed by atoms with Gasteiger partial charge in [0.2, 0.25) is 0 Å². The molecule has 0 aliphatic heterocycles. The quantitative estimate of drug-likeness (QED) is 0.808. The van der Waals surface area contributed by atoms with Gasteiger partial charge in [0.25, 0.3) is 0 Å². The number of hydrogen-bond donors (Lipinski definition) is 2.